The molecule has 0 saturated heterocycles. The number of aromatic nitrogens is 3. The molecule has 0 aliphatic rings. The Balaban J connectivity index is 2.38. The summed E-state index contributed by atoms with van der Waals surface area (Å²) in [6.45, 7) is -0.239. The van der Waals surface area contributed by atoms with Gasteiger partial charge in [0, 0.05) is 12.7 Å². The average Bonchev–Trinajstić information content (AvgIpc) is 2.69. The third-order valence-corrected chi connectivity index (χ3v) is 3.00. The lowest BCUT2D eigenvalue weighted by atomic mass is 10.4. The van der Waals surface area contributed by atoms with E-state index in [1.165, 1.54) is 6.20 Å². The Bertz CT molecular complexity index is 565. The van der Waals surface area contributed by atoms with Gasteiger partial charge in [-0.1, -0.05) is 5.21 Å². The Hall–Kier alpha value is -1.97. The third kappa shape index (κ3) is 6.50. The summed E-state index contributed by atoms with van der Waals surface area (Å²) in [4.78, 5) is 21.7. The molecule has 1 aromatic rings. The largest absolute Gasteiger partial charge is 0.480 e. The van der Waals surface area contributed by atoms with Crippen molar-refractivity contribution in [2.24, 2.45) is 0 Å². The molecule has 0 aliphatic heterocycles. The number of nitrogens with zero attached hydrogens (tertiary/aromatic N) is 3. The van der Waals surface area contributed by atoms with Gasteiger partial charge in [0.25, 0.3) is 0 Å². The van der Waals surface area contributed by atoms with Gasteiger partial charge in [0.05, 0.1) is 18.5 Å². The Morgan fingerprint density at radius 3 is 2.74 bits per heavy atom. The molecule has 2 N–H and O–H groups in total. The minimum atomic E-state index is -3.17. The van der Waals surface area contributed by atoms with Crippen molar-refractivity contribution in [3.8, 4) is 0 Å². The van der Waals surface area contributed by atoms with Crippen LogP contribution in [-0.4, -0.2) is 52.4 Å². The van der Waals surface area contributed by atoms with Crippen molar-refractivity contribution in [2.75, 3.05) is 12.0 Å². The first-order valence-corrected chi connectivity index (χ1v) is 7.37. The van der Waals surface area contributed by atoms with E-state index in [9.17, 15) is 18.0 Å². The Morgan fingerprint density at radius 1 is 1.47 bits per heavy atom. The molecule has 9 nitrogen and oxygen atoms in total. The zero-order valence-electron chi connectivity index (χ0n) is 10.2. The van der Waals surface area contributed by atoms with Crippen LogP contribution in [0.3, 0.4) is 0 Å². The van der Waals surface area contributed by atoms with E-state index in [2.05, 4.69) is 15.6 Å². The van der Waals surface area contributed by atoms with Crippen LogP contribution in [0.4, 0.5) is 0 Å². The topological polar surface area (TPSA) is 131 Å². The number of carboxylic acid groups (broad SMARTS) is 1. The van der Waals surface area contributed by atoms with Gasteiger partial charge in [-0.25, -0.2) is 13.1 Å². The average molecular weight is 290 g/mol. The van der Waals surface area contributed by atoms with E-state index in [1.54, 1.807) is 0 Å². The van der Waals surface area contributed by atoms with E-state index in [1.807, 2.05) is 0 Å². The normalized spacial score (nSPS) is 11.2. The molecule has 1 heterocycles. The summed E-state index contributed by atoms with van der Waals surface area (Å²) in [6, 6.07) is 0. The maximum absolute atomic E-state index is 11.3. The van der Waals surface area contributed by atoms with Crippen LogP contribution in [-0.2, 0) is 32.5 Å². The minimum Gasteiger partial charge on any atom is -0.480 e. The van der Waals surface area contributed by atoms with Gasteiger partial charge < -0.3 is 10.4 Å². The molecule has 19 heavy (non-hydrogen) atoms. The molecule has 1 amide bonds. The molecule has 1 aromatic heterocycles. The number of rotatable bonds is 7. The molecule has 0 spiro atoms. The van der Waals surface area contributed by atoms with Crippen molar-refractivity contribution in [2.45, 2.75) is 19.5 Å². The number of amides is 1. The van der Waals surface area contributed by atoms with E-state index in [4.69, 9.17) is 5.11 Å². The maximum Gasteiger partial charge on any atom is 0.325 e. The van der Waals surface area contributed by atoms with E-state index in [0.717, 1.165) is 10.9 Å². The van der Waals surface area contributed by atoms with E-state index < -0.39 is 21.7 Å². The van der Waals surface area contributed by atoms with E-state index in [0.29, 0.717) is 5.69 Å². The fourth-order valence-electron chi connectivity index (χ4n) is 1.19. The number of carboxylic acids is 1. The van der Waals surface area contributed by atoms with Crippen molar-refractivity contribution in [1.29, 1.82) is 0 Å². The van der Waals surface area contributed by atoms with Crippen molar-refractivity contribution < 1.29 is 23.1 Å². The van der Waals surface area contributed by atoms with Crippen molar-refractivity contribution in [3.05, 3.63) is 11.9 Å². The molecular formula is C9H14N4O5S. The lowest BCUT2D eigenvalue weighted by molar-refractivity contribution is -0.138. The molecule has 0 aliphatic carbocycles. The lowest BCUT2D eigenvalue weighted by Gasteiger charge is -2.01. The fourth-order valence-corrected chi connectivity index (χ4v) is 1.75. The summed E-state index contributed by atoms with van der Waals surface area (Å²) in [5, 5.41) is 18.2. The van der Waals surface area contributed by atoms with E-state index in [-0.39, 0.29) is 25.3 Å². The van der Waals surface area contributed by atoms with Gasteiger partial charge >= 0.3 is 5.97 Å². The van der Waals surface area contributed by atoms with Crippen molar-refractivity contribution in [3.63, 3.8) is 0 Å². The Labute approximate surface area is 109 Å². The first-order chi connectivity index (χ1) is 8.76. The van der Waals surface area contributed by atoms with Crippen LogP contribution >= 0.6 is 0 Å². The zero-order chi connectivity index (χ0) is 14.5. The molecule has 0 atom stereocenters. The second kappa shape index (κ2) is 6.27. The van der Waals surface area contributed by atoms with Gasteiger partial charge in [0.2, 0.25) is 5.91 Å². The quantitative estimate of drug-likeness (QED) is 0.619. The molecule has 106 valence electrons. The zero-order valence-corrected chi connectivity index (χ0v) is 11.1. The Morgan fingerprint density at radius 2 is 2.16 bits per heavy atom. The van der Waals surface area contributed by atoms with Crippen LogP contribution in [0, 0.1) is 0 Å². The smallest absolute Gasteiger partial charge is 0.325 e. The number of nitrogens with one attached hydrogen (secondary N) is 1. The van der Waals surface area contributed by atoms with Gasteiger partial charge in [-0.2, -0.15) is 0 Å². The van der Waals surface area contributed by atoms with Gasteiger partial charge in [0.1, 0.15) is 22.1 Å². The highest BCUT2D eigenvalue weighted by Gasteiger charge is 2.09. The molecule has 0 bridgehead atoms. The minimum absolute atomic E-state index is 0.0716. The molecular weight excluding hydrogens is 276 g/mol. The van der Waals surface area contributed by atoms with Gasteiger partial charge in [0.15, 0.2) is 0 Å². The van der Waals surface area contributed by atoms with Gasteiger partial charge in [-0.15, -0.1) is 5.10 Å². The molecule has 0 radical (unpaired) electrons. The summed E-state index contributed by atoms with van der Waals surface area (Å²) in [6.07, 6.45) is 2.32. The van der Waals surface area contributed by atoms with Crippen LogP contribution in [0.2, 0.25) is 0 Å². The lowest BCUT2D eigenvalue weighted by Crippen LogP contribution is -2.25. The number of aliphatic carboxylic acids is 1. The predicted octanol–water partition coefficient (Wildman–Crippen LogP) is -1.59. The van der Waals surface area contributed by atoms with E-state index >= 15 is 0 Å². The number of carbonyl (C=O) groups is 2. The fraction of sp³-hybridized carbons (Fsp3) is 0.556. The molecule has 0 aromatic carbocycles. The summed E-state index contributed by atoms with van der Waals surface area (Å²) >= 11 is 0. The first-order valence-electron chi connectivity index (χ1n) is 5.31. The van der Waals surface area contributed by atoms with Crippen LogP contribution < -0.4 is 5.32 Å². The maximum atomic E-state index is 11.3. The summed E-state index contributed by atoms with van der Waals surface area (Å²) in [5.41, 5.74) is 0.397. The third-order valence-electron chi connectivity index (χ3n) is 2.05. The monoisotopic (exact) mass is 290 g/mol. The highest BCUT2D eigenvalue weighted by Crippen LogP contribution is 1.94. The highest BCUT2D eigenvalue weighted by atomic mass is 32.2. The predicted molar refractivity (Wildman–Crippen MR) is 63.8 cm³/mol. The van der Waals surface area contributed by atoms with Crippen molar-refractivity contribution in [1.82, 2.24) is 20.3 Å². The second-order valence-corrected chi connectivity index (χ2v) is 6.22. The summed E-state index contributed by atoms with van der Waals surface area (Å²) < 4.78 is 22.8. The van der Waals surface area contributed by atoms with Crippen LogP contribution in [0.15, 0.2) is 6.20 Å². The van der Waals surface area contributed by atoms with Crippen LogP contribution in [0.1, 0.15) is 12.1 Å². The SMILES string of the molecule is CS(=O)(=O)CCC(=O)NCc1cn(CC(=O)O)nn1. The van der Waals surface area contributed by atoms with Crippen LogP contribution in [0.25, 0.3) is 0 Å². The highest BCUT2D eigenvalue weighted by molar-refractivity contribution is 7.90. The molecule has 0 saturated carbocycles. The molecule has 0 fully saturated rings. The number of hydrogen-bond acceptors (Lipinski definition) is 6. The molecule has 0 unspecified atom stereocenters. The van der Waals surface area contributed by atoms with Gasteiger partial charge in [-0.05, 0) is 0 Å². The van der Waals surface area contributed by atoms with Crippen molar-refractivity contribution >= 4 is 21.7 Å². The summed E-state index contributed by atoms with van der Waals surface area (Å²) in [7, 11) is -3.17. The summed E-state index contributed by atoms with van der Waals surface area (Å²) in [5.74, 6) is -1.68. The number of carbonyl (C=O) groups excluding carboxylic acids is 1. The first kappa shape index (κ1) is 15.1. The molecule has 1 rings (SSSR count). The number of sulfone groups is 1. The second-order valence-electron chi connectivity index (χ2n) is 3.96. The van der Waals surface area contributed by atoms with Gasteiger partial charge in [-0.3, -0.25) is 9.59 Å². The molecule has 10 heteroatoms. The standard InChI is InChI=1S/C9H14N4O5S/c1-19(17,18)3-2-8(14)10-4-7-5-13(12-11-7)6-9(15)16/h5H,2-4,6H2,1H3,(H,10,14)(H,15,16). The Kier molecular flexibility index (Phi) is 4.98. The van der Waals surface area contributed by atoms with Crippen LogP contribution in [0.5, 0.6) is 0 Å². The number of hydrogen-bond donors (Lipinski definition) is 2.